The molecule has 0 saturated carbocycles. The van der Waals surface area contributed by atoms with E-state index in [1.54, 1.807) is 6.08 Å². The summed E-state index contributed by atoms with van der Waals surface area (Å²) in [4.78, 5) is 0. The van der Waals surface area contributed by atoms with E-state index < -0.39 is 0 Å². The molecule has 1 aromatic heterocycles. The van der Waals surface area contributed by atoms with Crippen LogP contribution in [0, 0.1) is 6.92 Å². The van der Waals surface area contributed by atoms with Gasteiger partial charge < -0.3 is 4.42 Å². The summed E-state index contributed by atoms with van der Waals surface area (Å²) in [7, 11) is 0. The molecule has 0 amide bonds. The van der Waals surface area contributed by atoms with Gasteiger partial charge in [-0.3, -0.25) is 0 Å². The molecular formula is C12H20O. The summed E-state index contributed by atoms with van der Waals surface area (Å²) < 4.78 is 5.51. The lowest BCUT2D eigenvalue weighted by Crippen LogP contribution is -1.80. The Bertz CT molecular complexity index is 256. The fourth-order valence-electron chi connectivity index (χ4n) is 1.01. The van der Waals surface area contributed by atoms with Crippen LogP contribution in [0.5, 0.6) is 0 Å². The van der Waals surface area contributed by atoms with Gasteiger partial charge in [-0.25, -0.2) is 0 Å². The van der Waals surface area contributed by atoms with Crippen LogP contribution in [-0.4, -0.2) is 0 Å². The van der Waals surface area contributed by atoms with Crippen LogP contribution in [0.2, 0.25) is 0 Å². The molecule has 74 valence electrons. The van der Waals surface area contributed by atoms with E-state index in [1.165, 1.54) is 5.56 Å². The second kappa shape index (κ2) is 5.63. The van der Waals surface area contributed by atoms with Crippen molar-refractivity contribution in [3.05, 3.63) is 29.7 Å². The van der Waals surface area contributed by atoms with Gasteiger partial charge in [0.2, 0.25) is 0 Å². The second-order valence-corrected chi connectivity index (χ2v) is 3.05. The lowest BCUT2D eigenvalue weighted by molar-refractivity contribution is 0.479. The van der Waals surface area contributed by atoms with Gasteiger partial charge in [-0.2, -0.15) is 0 Å². The Labute approximate surface area is 81.5 Å². The number of furan rings is 1. The maximum absolute atomic E-state index is 5.51. The first kappa shape index (κ1) is 12.0. The molecule has 0 aliphatic rings. The number of hydrogen-bond donors (Lipinski definition) is 0. The Hall–Kier alpha value is -0.980. The number of hydrogen-bond acceptors (Lipinski definition) is 1. The molecule has 0 saturated heterocycles. The third-order valence-corrected chi connectivity index (χ3v) is 1.73. The Morgan fingerprint density at radius 1 is 1.38 bits per heavy atom. The minimum atomic E-state index is 0.461. The van der Waals surface area contributed by atoms with Gasteiger partial charge in [-0.15, -0.1) is 0 Å². The summed E-state index contributed by atoms with van der Waals surface area (Å²) in [6.07, 6.45) is 1.75. The molecule has 0 fully saturated rings. The molecule has 1 aromatic rings. The molecule has 0 bridgehead atoms. The highest BCUT2D eigenvalue weighted by molar-refractivity contribution is 5.45. The highest BCUT2D eigenvalue weighted by atomic mass is 16.3. The van der Waals surface area contributed by atoms with Crippen molar-refractivity contribution >= 4 is 6.08 Å². The Balaban J connectivity index is 0.000000671. The van der Waals surface area contributed by atoms with Crippen molar-refractivity contribution < 1.29 is 4.42 Å². The van der Waals surface area contributed by atoms with Crippen LogP contribution in [0.1, 0.15) is 50.7 Å². The standard InChI is InChI=1S/C10H14O.C2H6/c1-5-9-8(4)6-10(11-9)7(2)3;1-2/h5-7H,1H2,2-4H3;1-2H3. The molecule has 0 N–H and O–H groups in total. The fraction of sp³-hybridized carbons (Fsp3) is 0.500. The van der Waals surface area contributed by atoms with E-state index in [0.717, 1.165) is 11.5 Å². The van der Waals surface area contributed by atoms with E-state index >= 15 is 0 Å². The zero-order chi connectivity index (χ0) is 10.4. The molecule has 0 aromatic carbocycles. The first-order chi connectivity index (χ1) is 6.15. The van der Waals surface area contributed by atoms with E-state index in [9.17, 15) is 0 Å². The van der Waals surface area contributed by atoms with Crippen molar-refractivity contribution in [1.82, 2.24) is 0 Å². The molecular weight excluding hydrogens is 160 g/mol. The first-order valence-electron chi connectivity index (χ1n) is 4.88. The maximum Gasteiger partial charge on any atom is 0.129 e. The van der Waals surface area contributed by atoms with Crippen molar-refractivity contribution in [2.24, 2.45) is 0 Å². The number of rotatable bonds is 2. The maximum atomic E-state index is 5.51. The molecule has 0 spiro atoms. The lowest BCUT2D eigenvalue weighted by Gasteiger charge is -1.96. The molecule has 1 nitrogen and oxygen atoms in total. The van der Waals surface area contributed by atoms with Gasteiger partial charge in [0, 0.05) is 5.92 Å². The van der Waals surface area contributed by atoms with Crippen molar-refractivity contribution in [2.45, 2.75) is 40.5 Å². The van der Waals surface area contributed by atoms with Crippen LogP contribution < -0.4 is 0 Å². The summed E-state index contributed by atoms with van der Waals surface area (Å²) in [5, 5.41) is 0. The lowest BCUT2D eigenvalue weighted by atomic mass is 10.1. The highest BCUT2D eigenvalue weighted by Crippen LogP contribution is 2.21. The first-order valence-corrected chi connectivity index (χ1v) is 4.88. The van der Waals surface area contributed by atoms with Crippen molar-refractivity contribution in [1.29, 1.82) is 0 Å². The van der Waals surface area contributed by atoms with Crippen LogP contribution >= 0.6 is 0 Å². The molecule has 0 unspecified atom stereocenters. The van der Waals surface area contributed by atoms with Gasteiger partial charge in [-0.05, 0) is 24.6 Å². The smallest absolute Gasteiger partial charge is 0.129 e. The summed E-state index contributed by atoms with van der Waals surface area (Å²) in [6, 6.07) is 2.07. The quantitative estimate of drug-likeness (QED) is 0.658. The zero-order valence-corrected chi connectivity index (χ0v) is 9.35. The summed E-state index contributed by atoms with van der Waals surface area (Å²) in [6.45, 7) is 13.9. The van der Waals surface area contributed by atoms with Gasteiger partial charge in [0.1, 0.15) is 11.5 Å². The minimum Gasteiger partial charge on any atom is -0.461 e. The summed E-state index contributed by atoms with van der Waals surface area (Å²) in [5.74, 6) is 2.40. The Kier molecular flexibility index (Phi) is 5.20. The highest BCUT2D eigenvalue weighted by Gasteiger charge is 2.06. The van der Waals surface area contributed by atoms with E-state index in [2.05, 4.69) is 26.5 Å². The van der Waals surface area contributed by atoms with Crippen LogP contribution in [0.25, 0.3) is 6.08 Å². The normalized spacial score (nSPS) is 9.38. The van der Waals surface area contributed by atoms with Crippen molar-refractivity contribution in [2.75, 3.05) is 0 Å². The largest absolute Gasteiger partial charge is 0.461 e. The molecule has 1 rings (SSSR count). The molecule has 0 radical (unpaired) electrons. The molecule has 0 atom stereocenters. The minimum absolute atomic E-state index is 0.461. The van der Waals surface area contributed by atoms with Crippen molar-refractivity contribution in [3.8, 4) is 0 Å². The van der Waals surface area contributed by atoms with E-state index in [-0.39, 0.29) is 0 Å². The summed E-state index contributed by atoms with van der Waals surface area (Å²) >= 11 is 0. The van der Waals surface area contributed by atoms with E-state index in [1.807, 2.05) is 20.8 Å². The van der Waals surface area contributed by atoms with E-state index in [0.29, 0.717) is 5.92 Å². The third kappa shape index (κ3) is 3.10. The van der Waals surface area contributed by atoms with E-state index in [4.69, 9.17) is 4.42 Å². The van der Waals surface area contributed by atoms with Crippen molar-refractivity contribution in [3.63, 3.8) is 0 Å². The summed E-state index contributed by atoms with van der Waals surface area (Å²) in [5.41, 5.74) is 1.17. The monoisotopic (exact) mass is 180 g/mol. The second-order valence-electron chi connectivity index (χ2n) is 3.05. The predicted molar refractivity (Wildman–Crippen MR) is 59.0 cm³/mol. The molecule has 1 heterocycles. The molecule has 0 aliphatic heterocycles. The third-order valence-electron chi connectivity index (χ3n) is 1.73. The van der Waals surface area contributed by atoms with Crippen LogP contribution in [0.4, 0.5) is 0 Å². The Morgan fingerprint density at radius 3 is 2.15 bits per heavy atom. The van der Waals surface area contributed by atoms with Crippen LogP contribution in [0.15, 0.2) is 17.1 Å². The van der Waals surface area contributed by atoms with Gasteiger partial charge in [-0.1, -0.05) is 34.3 Å². The van der Waals surface area contributed by atoms with Gasteiger partial charge >= 0.3 is 0 Å². The van der Waals surface area contributed by atoms with Crippen LogP contribution in [0.3, 0.4) is 0 Å². The topological polar surface area (TPSA) is 13.1 Å². The number of aryl methyl sites for hydroxylation is 1. The average molecular weight is 180 g/mol. The fourth-order valence-corrected chi connectivity index (χ4v) is 1.01. The van der Waals surface area contributed by atoms with Gasteiger partial charge in [0.25, 0.3) is 0 Å². The molecule has 0 aliphatic carbocycles. The van der Waals surface area contributed by atoms with Gasteiger partial charge in [0.15, 0.2) is 0 Å². The zero-order valence-electron chi connectivity index (χ0n) is 9.35. The SMILES string of the molecule is C=Cc1oc(C(C)C)cc1C.CC. The Morgan fingerprint density at radius 2 is 1.92 bits per heavy atom. The predicted octanol–water partition coefficient (Wildman–Crippen LogP) is 4.38. The van der Waals surface area contributed by atoms with Gasteiger partial charge in [0.05, 0.1) is 0 Å². The average Bonchev–Trinajstić information content (AvgIpc) is 2.50. The molecule has 1 heteroatoms. The molecule has 13 heavy (non-hydrogen) atoms. The van der Waals surface area contributed by atoms with Crippen LogP contribution in [-0.2, 0) is 0 Å².